The van der Waals surface area contributed by atoms with E-state index in [9.17, 15) is 9.59 Å². The van der Waals surface area contributed by atoms with Gasteiger partial charge in [-0.25, -0.2) is 10.5 Å². The van der Waals surface area contributed by atoms with Crippen molar-refractivity contribution in [3.05, 3.63) is 47.0 Å². The molecule has 3 N–H and O–H groups in total. The Morgan fingerprint density at radius 1 is 1.24 bits per heavy atom. The number of carbonyl (C=O) groups is 2. The van der Waals surface area contributed by atoms with Crippen molar-refractivity contribution < 1.29 is 14.8 Å². The maximum absolute atomic E-state index is 12.4. The van der Waals surface area contributed by atoms with Crippen LogP contribution in [0.15, 0.2) is 36.5 Å². The second-order valence-corrected chi connectivity index (χ2v) is 5.95. The van der Waals surface area contributed by atoms with E-state index in [1.807, 2.05) is 44.2 Å². The van der Waals surface area contributed by atoms with Crippen LogP contribution in [0.4, 0.5) is 5.13 Å². The lowest BCUT2D eigenvalue weighted by atomic mass is 9.84. The first kappa shape index (κ1) is 15.1. The van der Waals surface area contributed by atoms with Crippen LogP contribution in [0, 0.1) is 0 Å². The topological polar surface area (TPSA) is 91.3 Å². The largest absolute Gasteiger partial charge is 0.301 e. The summed E-state index contributed by atoms with van der Waals surface area (Å²) in [5, 5.41) is 11.5. The Morgan fingerprint density at radius 3 is 2.52 bits per heavy atom. The summed E-state index contributed by atoms with van der Waals surface area (Å²) in [4.78, 5) is 27.8. The fourth-order valence-corrected chi connectivity index (χ4v) is 2.43. The number of thiazole rings is 1. The third kappa shape index (κ3) is 3.26. The number of aromatic nitrogens is 1. The van der Waals surface area contributed by atoms with Crippen molar-refractivity contribution in [2.75, 3.05) is 5.32 Å². The highest BCUT2D eigenvalue weighted by Crippen LogP contribution is 2.26. The van der Waals surface area contributed by atoms with Crippen LogP contribution in [0.25, 0.3) is 0 Å². The van der Waals surface area contributed by atoms with E-state index in [1.165, 1.54) is 11.7 Å². The number of nitrogens with one attached hydrogen (secondary N) is 2. The standard InChI is InChI=1S/C14H15N3O3S/c1-14(2,9-6-4-3-5-7-9)12(19)16-13-15-8-10(21-13)11(18)17-20/h3-8,20H,1-2H3,(H,17,18)(H,15,16,19). The van der Waals surface area contributed by atoms with Gasteiger partial charge in [0, 0.05) is 0 Å². The molecule has 0 aliphatic heterocycles. The van der Waals surface area contributed by atoms with Crippen molar-refractivity contribution >= 4 is 28.3 Å². The molecule has 2 aromatic rings. The summed E-state index contributed by atoms with van der Waals surface area (Å²) in [6.07, 6.45) is 1.29. The van der Waals surface area contributed by atoms with Crippen molar-refractivity contribution in [1.29, 1.82) is 0 Å². The average Bonchev–Trinajstić information content (AvgIpc) is 2.95. The number of carbonyl (C=O) groups excluding carboxylic acids is 2. The maximum atomic E-state index is 12.4. The predicted octanol–water partition coefficient (Wildman–Crippen LogP) is 2.18. The Kier molecular flexibility index (Phi) is 4.35. The van der Waals surface area contributed by atoms with E-state index in [2.05, 4.69) is 10.3 Å². The van der Waals surface area contributed by atoms with Crippen LogP contribution in [0.1, 0.15) is 29.1 Å². The van der Waals surface area contributed by atoms with Crippen LogP contribution in [-0.2, 0) is 10.2 Å². The molecule has 1 aromatic heterocycles. The number of rotatable bonds is 4. The second kappa shape index (κ2) is 6.02. The van der Waals surface area contributed by atoms with E-state index in [1.54, 1.807) is 0 Å². The molecule has 110 valence electrons. The molecule has 0 bridgehead atoms. The van der Waals surface area contributed by atoms with E-state index in [0.29, 0.717) is 5.13 Å². The molecule has 0 aliphatic carbocycles. The number of amides is 2. The number of hydrogen-bond donors (Lipinski definition) is 3. The molecule has 0 radical (unpaired) electrons. The highest BCUT2D eigenvalue weighted by molar-refractivity contribution is 7.17. The van der Waals surface area contributed by atoms with Gasteiger partial charge in [-0.15, -0.1) is 0 Å². The van der Waals surface area contributed by atoms with Gasteiger partial charge in [0.05, 0.1) is 11.6 Å². The number of hydrogen-bond acceptors (Lipinski definition) is 5. The summed E-state index contributed by atoms with van der Waals surface area (Å²) in [5.74, 6) is -0.880. The summed E-state index contributed by atoms with van der Waals surface area (Å²) >= 11 is 0.990. The fraction of sp³-hybridized carbons (Fsp3) is 0.214. The van der Waals surface area contributed by atoms with Crippen molar-refractivity contribution in [3.63, 3.8) is 0 Å². The Labute approximate surface area is 125 Å². The van der Waals surface area contributed by atoms with Crippen molar-refractivity contribution in [2.24, 2.45) is 0 Å². The molecule has 6 nitrogen and oxygen atoms in total. The van der Waals surface area contributed by atoms with Crippen molar-refractivity contribution in [2.45, 2.75) is 19.3 Å². The molecule has 0 saturated carbocycles. The zero-order valence-electron chi connectivity index (χ0n) is 11.6. The highest BCUT2D eigenvalue weighted by atomic mass is 32.1. The summed E-state index contributed by atoms with van der Waals surface area (Å²) < 4.78 is 0. The lowest BCUT2D eigenvalue weighted by Crippen LogP contribution is -2.34. The third-order valence-corrected chi connectivity index (χ3v) is 4.03. The van der Waals surface area contributed by atoms with E-state index in [4.69, 9.17) is 5.21 Å². The first-order chi connectivity index (χ1) is 9.95. The Morgan fingerprint density at radius 2 is 1.90 bits per heavy atom. The van der Waals surface area contributed by atoms with Crippen LogP contribution < -0.4 is 10.8 Å². The van der Waals surface area contributed by atoms with Gasteiger partial charge in [0.15, 0.2) is 5.13 Å². The van der Waals surface area contributed by atoms with Gasteiger partial charge in [-0.1, -0.05) is 41.7 Å². The molecule has 21 heavy (non-hydrogen) atoms. The third-order valence-electron chi connectivity index (χ3n) is 3.11. The first-order valence-corrected chi connectivity index (χ1v) is 7.04. The summed E-state index contributed by atoms with van der Waals surface area (Å²) in [7, 11) is 0. The summed E-state index contributed by atoms with van der Waals surface area (Å²) in [6, 6.07) is 9.39. The highest BCUT2D eigenvalue weighted by Gasteiger charge is 2.30. The second-order valence-electron chi connectivity index (χ2n) is 4.92. The minimum absolute atomic E-state index is 0.213. The quantitative estimate of drug-likeness (QED) is 0.596. The molecule has 0 spiro atoms. The molecule has 0 saturated heterocycles. The zero-order valence-corrected chi connectivity index (χ0v) is 12.4. The molecular formula is C14H15N3O3S. The number of nitrogens with zero attached hydrogens (tertiary/aromatic N) is 1. The van der Waals surface area contributed by atoms with Crippen LogP contribution >= 0.6 is 11.3 Å². The van der Waals surface area contributed by atoms with Gasteiger partial charge in [0.25, 0.3) is 5.91 Å². The molecule has 0 aliphatic rings. The van der Waals surface area contributed by atoms with E-state index >= 15 is 0 Å². The molecular weight excluding hydrogens is 290 g/mol. The lowest BCUT2D eigenvalue weighted by molar-refractivity contribution is -0.120. The smallest absolute Gasteiger partial charge is 0.286 e. The van der Waals surface area contributed by atoms with Gasteiger partial charge in [0.1, 0.15) is 4.88 Å². The van der Waals surface area contributed by atoms with Gasteiger partial charge in [-0.3, -0.25) is 14.8 Å². The molecule has 1 heterocycles. The van der Waals surface area contributed by atoms with Crippen molar-refractivity contribution in [3.8, 4) is 0 Å². The zero-order chi connectivity index (χ0) is 15.5. The number of anilines is 1. The molecule has 2 amide bonds. The van der Waals surface area contributed by atoms with Gasteiger partial charge in [-0.2, -0.15) is 0 Å². The first-order valence-electron chi connectivity index (χ1n) is 6.22. The van der Waals surface area contributed by atoms with E-state index < -0.39 is 11.3 Å². The van der Waals surface area contributed by atoms with Crippen LogP contribution in [0.2, 0.25) is 0 Å². The average molecular weight is 305 g/mol. The molecule has 0 atom stereocenters. The number of hydroxylamine groups is 1. The normalized spacial score (nSPS) is 11.0. The molecule has 1 aromatic carbocycles. The molecule has 0 fully saturated rings. The lowest BCUT2D eigenvalue weighted by Gasteiger charge is -2.23. The van der Waals surface area contributed by atoms with Crippen LogP contribution in [0.3, 0.4) is 0 Å². The predicted molar refractivity (Wildman–Crippen MR) is 79.5 cm³/mol. The number of benzene rings is 1. The van der Waals surface area contributed by atoms with Gasteiger partial charge in [-0.05, 0) is 19.4 Å². The van der Waals surface area contributed by atoms with Crippen molar-refractivity contribution in [1.82, 2.24) is 10.5 Å². The monoisotopic (exact) mass is 305 g/mol. The van der Waals surface area contributed by atoms with E-state index in [-0.39, 0.29) is 10.8 Å². The minimum atomic E-state index is -0.730. The van der Waals surface area contributed by atoms with Crippen LogP contribution in [0.5, 0.6) is 0 Å². The minimum Gasteiger partial charge on any atom is -0.301 e. The maximum Gasteiger partial charge on any atom is 0.286 e. The van der Waals surface area contributed by atoms with Crippen LogP contribution in [-0.4, -0.2) is 22.0 Å². The molecule has 0 unspecified atom stereocenters. The van der Waals surface area contributed by atoms with E-state index in [0.717, 1.165) is 16.9 Å². The van der Waals surface area contributed by atoms with Gasteiger partial charge >= 0.3 is 0 Å². The molecule has 7 heteroatoms. The summed E-state index contributed by atoms with van der Waals surface area (Å²) in [5.41, 5.74) is 1.67. The Hall–Kier alpha value is -2.25. The Bertz CT molecular complexity index is 652. The Balaban J connectivity index is 2.14. The fourth-order valence-electron chi connectivity index (χ4n) is 1.73. The SMILES string of the molecule is CC(C)(C(=O)Nc1ncc(C(=O)NO)s1)c1ccccc1. The van der Waals surface area contributed by atoms with Gasteiger partial charge in [0.2, 0.25) is 5.91 Å². The summed E-state index contributed by atoms with van der Waals surface area (Å²) in [6.45, 7) is 3.62. The van der Waals surface area contributed by atoms with Gasteiger partial charge < -0.3 is 5.32 Å². The molecule has 2 rings (SSSR count).